The molecule has 1 saturated carbocycles. The zero-order valence-electron chi connectivity index (χ0n) is 12.2. The summed E-state index contributed by atoms with van der Waals surface area (Å²) < 4.78 is 5.93. The quantitative estimate of drug-likeness (QED) is 0.707. The minimum atomic E-state index is -0.376. The van der Waals surface area contributed by atoms with Crippen LogP contribution in [0.3, 0.4) is 0 Å². The van der Waals surface area contributed by atoms with Crippen LogP contribution in [0.25, 0.3) is 0 Å². The standard InChI is InChI=1S/C15H28N2O/c1-13-7-6-8-14(11-13)18-10-5-4-9-15(2,12-16)17-3/h13-14,17H,4-11H2,1-3H3. The summed E-state index contributed by atoms with van der Waals surface area (Å²) in [7, 11) is 1.85. The summed E-state index contributed by atoms with van der Waals surface area (Å²) in [5.74, 6) is 0.829. The predicted molar refractivity (Wildman–Crippen MR) is 74.3 cm³/mol. The van der Waals surface area contributed by atoms with Gasteiger partial charge in [-0.3, -0.25) is 0 Å². The zero-order chi connectivity index (χ0) is 13.4. The fourth-order valence-corrected chi connectivity index (χ4v) is 2.60. The highest BCUT2D eigenvalue weighted by Gasteiger charge is 2.21. The molecule has 3 unspecified atom stereocenters. The molecule has 0 amide bonds. The van der Waals surface area contributed by atoms with E-state index in [1.54, 1.807) is 0 Å². The smallest absolute Gasteiger partial charge is 0.103 e. The van der Waals surface area contributed by atoms with E-state index in [1.807, 2.05) is 14.0 Å². The maximum Gasteiger partial charge on any atom is 0.103 e. The van der Waals surface area contributed by atoms with Gasteiger partial charge >= 0.3 is 0 Å². The highest BCUT2D eigenvalue weighted by Crippen LogP contribution is 2.25. The second-order valence-electron chi connectivity index (χ2n) is 5.92. The molecule has 0 bridgehead atoms. The highest BCUT2D eigenvalue weighted by molar-refractivity contribution is 5.02. The molecule has 18 heavy (non-hydrogen) atoms. The monoisotopic (exact) mass is 252 g/mol. The molecule has 0 heterocycles. The first-order chi connectivity index (χ1) is 8.59. The zero-order valence-corrected chi connectivity index (χ0v) is 12.2. The van der Waals surface area contributed by atoms with Crippen LogP contribution in [0, 0.1) is 17.2 Å². The lowest BCUT2D eigenvalue weighted by atomic mass is 9.89. The molecule has 104 valence electrons. The summed E-state index contributed by atoms with van der Waals surface area (Å²) in [4.78, 5) is 0. The Morgan fingerprint density at radius 3 is 2.78 bits per heavy atom. The average Bonchev–Trinajstić information content (AvgIpc) is 2.38. The molecule has 1 fully saturated rings. The van der Waals surface area contributed by atoms with Crippen LogP contribution in [0.2, 0.25) is 0 Å². The van der Waals surface area contributed by atoms with Gasteiger partial charge in [0.15, 0.2) is 0 Å². The lowest BCUT2D eigenvalue weighted by Gasteiger charge is -2.27. The van der Waals surface area contributed by atoms with E-state index in [4.69, 9.17) is 10.00 Å². The first kappa shape index (κ1) is 15.5. The number of hydrogen-bond donors (Lipinski definition) is 1. The van der Waals surface area contributed by atoms with Crippen molar-refractivity contribution in [3.8, 4) is 6.07 Å². The first-order valence-electron chi connectivity index (χ1n) is 7.31. The Kier molecular flexibility index (Phi) is 6.67. The number of nitrogens with zero attached hydrogens (tertiary/aromatic N) is 1. The lowest BCUT2D eigenvalue weighted by Crippen LogP contribution is -2.37. The Morgan fingerprint density at radius 2 is 2.17 bits per heavy atom. The summed E-state index contributed by atoms with van der Waals surface area (Å²) in [6.07, 6.45) is 8.63. The van der Waals surface area contributed by atoms with Crippen LogP contribution in [0.15, 0.2) is 0 Å². The Balaban J connectivity index is 2.07. The van der Waals surface area contributed by atoms with Crippen molar-refractivity contribution in [2.75, 3.05) is 13.7 Å². The van der Waals surface area contributed by atoms with Gasteiger partial charge in [-0.25, -0.2) is 0 Å². The maximum atomic E-state index is 9.03. The van der Waals surface area contributed by atoms with E-state index in [9.17, 15) is 0 Å². The molecular formula is C15H28N2O. The van der Waals surface area contributed by atoms with Crippen molar-refractivity contribution >= 4 is 0 Å². The molecule has 3 atom stereocenters. The molecule has 0 radical (unpaired) electrons. The first-order valence-corrected chi connectivity index (χ1v) is 7.31. The molecular weight excluding hydrogens is 224 g/mol. The van der Waals surface area contributed by atoms with Gasteiger partial charge in [-0.05, 0) is 52.0 Å². The van der Waals surface area contributed by atoms with E-state index in [0.29, 0.717) is 6.10 Å². The van der Waals surface area contributed by atoms with Gasteiger partial charge in [-0.1, -0.05) is 19.8 Å². The van der Waals surface area contributed by atoms with Crippen molar-refractivity contribution in [1.82, 2.24) is 5.32 Å². The molecule has 0 aliphatic heterocycles. The van der Waals surface area contributed by atoms with E-state index in [0.717, 1.165) is 31.8 Å². The number of nitrogens with one attached hydrogen (secondary N) is 1. The summed E-state index contributed by atoms with van der Waals surface area (Å²) in [5, 5.41) is 12.1. The van der Waals surface area contributed by atoms with Crippen molar-refractivity contribution in [2.24, 2.45) is 5.92 Å². The summed E-state index contributed by atoms with van der Waals surface area (Å²) in [6, 6.07) is 2.32. The van der Waals surface area contributed by atoms with E-state index in [-0.39, 0.29) is 5.54 Å². The van der Waals surface area contributed by atoms with E-state index < -0.39 is 0 Å². The van der Waals surface area contributed by atoms with Crippen LogP contribution < -0.4 is 5.32 Å². The number of rotatable bonds is 7. The van der Waals surface area contributed by atoms with Crippen molar-refractivity contribution in [2.45, 2.75) is 70.4 Å². The Hall–Kier alpha value is -0.590. The van der Waals surface area contributed by atoms with Gasteiger partial charge in [-0.15, -0.1) is 0 Å². The largest absolute Gasteiger partial charge is 0.378 e. The van der Waals surface area contributed by atoms with E-state index >= 15 is 0 Å². The fourth-order valence-electron chi connectivity index (χ4n) is 2.60. The number of hydrogen-bond acceptors (Lipinski definition) is 3. The predicted octanol–water partition coefficient (Wildman–Crippen LogP) is 3.25. The average molecular weight is 252 g/mol. The number of nitriles is 1. The van der Waals surface area contributed by atoms with Crippen LogP contribution in [0.4, 0.5) is 0 Å². The van der Waals surface area contributed by atoms with Gasteiger partial charge in [-0.2, -0.15) is 5.26 Å². The van der Waals surface area contributed by atoms with E-state index in [2.05, 4.69) is 18.3 Å². The SMILES string of the molecule is CNC(C)(C#N)CCCCOC1CCCC(C)C1. The topological polar surface area (TPSA) is 45.0 Å². The van der Waals surface area contributed by atoms with Gasteiger partial charge in [0.2, 0.25) is 0 Å². The number of ether oxygens (including phenoxy) is 1. The van der Waals surface area contributed by atoms with Gasteiger partial charge in [0, 0.05) is 6.61 Å². The summed E-state index contributed by atoms with van der Waals surface area (Å²) in [5.41, 5.74) is -0.376. The molecule has 3 nitrogen and oxygen atoms in total. The Labute approximate surface area is 112 Å². The molecule has 0 aromatic rings. The van der Waals surface area contributed by atoms with Gasteiger partial charge in [0.1, 0.15) is 5.54 Å². The molecule has 1 N–H and O–H groups in total. The molecule has 1 aliphatic rings. The minimum absolute atomic E-state index is 0.376. The lowest BCUT2D eigenvalue weighted by molar-refractivity contribution is 0.0134. The summed E-state index contributed by atoms with van der Waals surface area (Å²) in [6.45, 7) is 5.13. The van der Waals surface area contributed by atoms with Crippen molar-refractivity contribution in [1.29, 1.82) is 5.26 Å². The van der Waals surface area contributed by atoms with Crippen LogP contribution >= 0.6 is 0 Å². The normalized spacial score (nSPS) is 27.4. The third kappa shape index (κ3) is 5.37. The van der Waals surface area contributed by atoms with Gasteiger partial charge < -0.3 is 10.1 Å². The number of unbranched alkanes of at least 4 members (excludes halogenated alkanes) is 1. The van der Waals surface area contributed by atoms with Gasteiger partial charge in [0.05, 0.1) is 12.2 Å². The molecule has 0 aromatic heterocycles. The van der Waals surface area contributed by atoms with Crippen LogP contribution in [0.1, 0.15) is 58.8 Å². The minimum Gasteiger partial charge on any atom is -0.378 e. The van der Waals surface area contributed by atoms with Crippen molar-refractivity contribution in [3.05, 3.63) is 0 Å². The molecule has 1 rings (SSSR count). The molecule has 3 heteroatoms. The molecule has 0 saturated heterocycles. The third-order valence-corrected chi connectivity index (χ3v) is 4.11. The second-order valence-corrected chi connectivity index (χ2v) is 5.92. The van der Waals surface area contributed by atoms with E-state index in [1.165, 1.54) is 25.7 Å². The fraction of sp³-hybridized carbons (Fsp3) is 0.933. The third-order valence-electron chi connectivity index (χ3n) is 4.11. The molecule has 0 aromatic carbocycles. The van der Waals surface area contributed by atoms with Crippen molar-refractivity contribution in [3.63, 3.8) is 0 Å². The van der Waals surface area contributed by atoms with Crippen LogP contribution in [0.5, 0.6) is 0 Å². The van der Waals surface area contributed by atoms with Gasteiger partial charge in [0.25, 0.3) is 0 Å². The molecule has 0 spiro atoms. The van der Waals surface area contributed by atoms with Crippen LogP contribution in [-0.2, 0) is 4.74 Å². The Bertz CT molecular complexity index is 274. The summed E-state index contributed by atoms with van der Waals surface area (Å²) >= 11 is 0. The maximum absolute atomic E-state index is 9.03. The highest BCUT2D eigenvalue weighted by atomic mass is 16.5. The Morgan fingerprint density at radius 1 is 1.39 bits per heavy atom. The molecule has 1 aliphatic carbocycles. The van der Waals surface area contributed by atoms with Crippen molar-refractivity contribution < 1.29 is 4.74 Å². The van der Waals surface area contributed by atoms with Crippen LogP contribution in [-0.4, -0.2) is 25.3 Å². The second kappa shape index (κ2) is 7.76.